The normalized spacial score (nSPS) is 11.5. The summed E-state index contributed by atoms with van der Waals surface area (Å²) in [6.07, 6.45) is -3.17. The average molecular weight is 322 g/mol. The van der Waals surface area contributed by atoms with Gasteiger partial charge in [-0.15, -0.1) is 13.2 Å². The molecule has 3 aromatic rings. The van der Waals surface area contributed by atoms with Crippen molar-refractivity contribution in [1.29, 1.82) is 0 Å². The molecule has 1 N–H and O–H groups in total. The molecular weight excluding hydrogens is 312 g/mol. The van der Waals surface area contributed by atoms with Gasteiger partial charge in [0.1, 0.15) is 11.6 Å². The number of rotatable bonds is 3. The van der Waals surface area contributed by atoms with E-state index in [1.165, 1.54) is 36.4 Å². The molecule has 0 unspecified atom stereocenters. The zero-order valence-corrected chi connectivity index (χ0v) is 11.6. The minimum atomic E-state index is -4.73. The van der Waals surface area contributed by atoms with E-state index in [9.17, 15) is 17.6 Å². The molecule has 23 heavy (non-hydrogen) atoms. The van der Waals surface area contributed by atoms with Crippen LogP contribution < -0.4 is 4.74 Å². The molecule has 3 rings (SSSR count). The van der Waals surface area contributed by atoms with E-state index in [4.69, 9.17) is 0 Å². The van der Waals surface area contributed by atoms with Crippen LogP contribution in [0.3, 0.4) is 0 Å². The summed E-state index contributed by atoms with van der Waals surface area (Å²) in [7, 11) is 0. The Bertz CT molecular complexity index is 792. The summed E-state index contributed by atoms with van der Waals surface area (Å²) in [5.41, 5.74) is 2.71. The van der Waals surface area contributed by atoms with E-state index in [2.05, 4.69) is 14.9 Å². The second-order valence-electron chi connectivity index (χ2n) is 4.74. The molecule has 0 spiro atoms. The number of alkyl halides is 3. The second kappa shape index (κ2) is 5.75. The minimum absolute atomic E-state index is 0.298. The van der Waals surface area contributed by atoms with Crippen LogP contribution in [-0.2, 0) is 0 Å². The Morgan fingerprint density at radius 3 is 2.09 bits per heavy atom. The Morgan fingerprint density at radius 1 is 0.870 bits per heavy atom. The van der Waals surface area contributed by atoms with Crippen LogP contribution in [0.25, 0.3) is 22.4 Å². The van der Waals surface area contributed by atoms with Crippen molar-refractivity contribution in [3.05, 3.63) is 60.5 Å². The second-order valence-corrected chi connectivity index (χ2v) is 4.74. The summed E-state index contributed by atoms with van der Waals surface area (Å²) >= 11 is 0. The lowest BCUT2D eigenvalue weighted by Crippen LogP contribution is -2.16. The number of benzene rings is 2. The number of nitrogens with zero attached hydrogens (tertiary/aromatic N) is 1. The van der Waals surface area contributed by atoms with Crippen molar-refractivity contribution in [3.63, 3.8) is 0 Å². The first-order chi connectivity index (χ1) is 10.9. The van der Waals surface area contributed by atoms with Crippen LogP contribution in [0.1, 0.15) is 0 Å². The highest BCUT2D eigenvalue weighted by Gasteiger charge is 2.31. The number of halogens is 4. The zero-order chi connectivity index (χ0) is 16.4. The fourth-order valence-corrected chi connectivity index (χ4v) is 2.18. The predicted octanol–water partition coefficient (Wildman–Crippen LogP) is 4.78. The van der Waals surface area contributed by atoms with Gasteiger partial charge in [0.25, 0.3) is 0 Å². The van der Waals surface area contributed by atoms with Gasteiger partial charge >= 0.3 is 6.36 Å². The van der Waals surface area contributed by atoms with Gasteiger partial charge in [-0.3, -0.25) is 5.10 Å². The Hall–Kier alpha value is -2.83. The SMILES string of the molecule is Fc1ccc(-c2[nH]ncc2-c2ccc(OC(F)(F)F)cc2)cc1. The molecule has 0 atom stereocenters. The highest BCUT2D eigenvalue weighted by atomic mass is 19.4. The molecule has 0 fully saturated rings. The number of ether oxygens (including phenoxy) is 1. The van der Waals surface area contributed by atoms with Gasteiger partial charge < -0.3 is 4.74 Å². The molecule has 1 heterocycles. The molecule has 0 saturated heterocycles. The maximum atomic E-state index is 13.0. The maximum Gasteiger partial charge on any atom is 0.573 e. The molecule has 0 bridgehead atoms. The standard InChI is InChI=1S/C16H10F4N2O/c17-12-5-1-11(2-6-12)15-14(9-21-22-15)10-3-7-13(8-4-10)23-16(18,19)20/h1-9H,(H,21,22). The number of nitrogens with one attached hydrogen (secondary N) is 1. The first-order valence-corrected chi connectivity index (χ1v) is 6.58. The number of aromatic nitrogens is 2. The van der Waals surface area contributed by atoms with Crippen molar-refractivity contribution in [2.24, 2.45) is 0 Å². The van der Waals surface area contributed by atoms with Crippen LogP contribution in [0.5, 0.6) is 5.75 Å². The van der Waals surface area contributed by atoms with Crippen LogP contribution in [0, 0.1) is 5.82 Å². The van der Waals surface area contributed by atoms with Gasteiger partial charge in [-0.1, -0.05) is 12.1 Å². The van der Waals surface area contributed by atoms with E-state index < -0.39 is 6.36 Å². The smallest absolute Gasteiger partial charge is 0.406 e. The van der Waals surface area contributed by atoms with Crippen molar-refractivity contribution >= 4 is 0 Å². The molecule has 3 nitrogen and oxygen atoms in total. The highest BCUT2D eigenvalue weighted by molar-refractivity contribution is 5.80. The van der Waals surface area contributed by atoms with Gasteiger partial charge in [0.2, 0.25) is 0 Å². The number of H-pyrrole nitrogens is 1. The third-order valence-electron chi connectivity index (χ3n) is 3.17. The third-order valence-corrected chi connectivity index (χ3v) is 3.17. The fraction of sp³-hybridized carbons (Fsp3) is 0.0625. The predicted molar refractivity (Wildman–Crippen MR) is 76.1 cm³/mol. The topological polar surface area (TPSA) is 37.9 Å². The van der Waals surface area contributed by atoms with Crippen LogP contribution in [0.15, 0.2) is 54.7 Å². The van der Waals surface area contributed by atoms with E-state index in [1.807, 2.05) is 0 Å². The van der Waals surface area contributed by atoms with Crippen molar-refractivity contribution < 1.29 is 22.3 Å². The molecule has 7 heteroatoms. The van der Waals surface area contributed by atoms with Crippen molar-refractivity contribution in [2.75, 3.05) is 0 Å². The first-order valence-electron chi connectivity index (χ1n) is 6.58. The van der Waals surface area contributed by atoms with E-state index in [0.29, 0.717) is 16.8 Å². The van der Waals surface area contributed by atoms with Gasteiger partial charge in [-0.2, -0.15) is 5.10 Å². The van der Waals surface area contributed by atoms with E-state index in [1.54, 1.807) is 18.3 Å². The number of hydrogen-bond donors (Lipinski definition) is 1. The van der Waals surface area contributed by atoms with Gasteiger partial charge in [-0.25, -0.2) is 4.39 Å². The molecule has 2 aromatic carbocycles. The lowest BCUT2D eigenvalue weighted by molar-refractivity contribution is -0.274. The monoisotopic (exact) mass is 322 g/mol. The zero-order valence-electron chi connectivity index (χ0n) is 11.6. The Morgan fingerprint density at radius 2 is 1.48 bits per heavy atom. The molecule has 0 aliphatic rings. The number of hydrogen-bond acceptors (Lipinski definition) is 2. The van der Waals surface area contributed by atoms with Crippen LogP contribution in [-0.4, -0.2) is 16.6 Å². The first kappa shape index (κ1) is 15.1. The van der Waals surface area contributed by atoms with Gasteiger partial charge in [-0.05, 0) is 42.0 Å². The molecule has 0 radical (unpaired) electrons. The summed E-state index contributed by atoms with van der Waals surface area (Å²) in [6.45, 7) is 0. The Kier molecular flexibility index (Phi) is 3.77. The molecule has 1 aromatic heterocycles. The summed E-state index contributed by atoms with van der Waals surface area (Å²) in [6, 6.07) is 11.3. The molecule has 118 valence electrons. The Labute approximate surface area is 128 Å². The molecule has 0 aliphatic carbocycles. The number of aromatic amines is 1. The highest BCUT2D eigenvalue weighted by Crippen LogP contribution is 2.32. The van der Waals surface area contributed by atoms with Crippen LogP contribution >= 0.6 is 0 Å². The van der Waals surface area contributed by atoms with Crippen molar-refractivity contribution in [2.45, 2.75) is 6.36 Å². The minimum Gasteiger partial charge on any atom is -0.406 e. The summed E-state index contributed by atoms with van der Waals surface area (Å²) in [5.74, 6) is -0.656. The van der Waals surface area contributed by atoms with Crippen molar-refractivity contribution in [1.82, 2.24) is 10.2 Å². The third kappa shape index (κ3) is 3.50. The van der Waals surface area contributed by atoms with Crippen LogP contribution in [0.4, 0.5) is 17.6 Å². The lowest BCUT2D eigenvalue weighted by atomic mass is 10.0. The van der Waals surface area contributed by atoms with Gasteiger partial charge in [0.05, 0.1) is 11.9 Å². The average Bonchev–Trinajstić information content (AvgIpc) is 2.96. The van der Waals surface area contributed by atoms with E-state index >= 15 is 0 Å². The fourth-order valence-electron chi connectivity index (χ4n) is 2.18. The van der Waals surface area contributed by atoms with E-state index in [0.717, 1.165) is 5.56 Å². The van der Waals surface area contributed by atoms with Gasteiger partial charge in [0, 0.05) is 11.1 Å². The summed E-state index contributed by atoms with van der Waals surface area (Å²) in [4.78, 5) is 0. The molecule has 0 saturated carbocycles. The Balaban J connectivity index is 1.91. The quantitative estimate of drug-likeness (QED) is 0.705. The van der Waals surface area contributed by atoms with Crippen LogP contribution in [0.2, 0.25) is 0 Å². The lowest BCUT2D eigenvalue weighted by Gasteiger charge is -2.09. The van der Waals surface area contributed by atoms with Crippen molar-refractivity contribution in [3.8, 4) is 28.1 Å². The summed E-state index contributed by atoms with van der Waals surface area (Å²) in [5, 5.41) is 6.76. The van der Waals surface area contributed by atoms with E-state index in [-0.39, 0.29) is 11.6 Å². The molecule has 0 aliphatic heterocycles. The summed E-state index contributed by atoms with van der Waals surface area (Å²) < 4.78 is 53.3. The molecular formula is C16H10F4N2O. The van der Waals surface area contributed by atoms with Gasteiger partial charge in [0.15, 0.2) is 0 Å². The largest absolute Gasteiger partial charge is 0.573 e. The molecule has 0 amide bonds. The maximum absolute atomic E-state index is 13.0.